The molecule has 6 heteroatoms. The van der Waals surface area contributed by atoms with Crippen molar-refractivity contribution >= 4 is 0 Å². The van der Waals surface area contributed by atoms with Crippen molar-refractivity contribution in [1.82, 2.24) is 14.8 Å². The molecule has 1 aromatic heterocycles. The lowest BCUT2D eigenvalue weighted by Crippen LogP contribution is -2.49. The van der Waals surface area contributed by atoms with E-state index in [2.05, 4.69) is 9.88 Å². The zero-order valence-electron chi connectivity index (χ0n) is 13.6. The van der Waals surface area contributed by atoms with Gasteiger partial charge in [0.25, 0.3) is 0 Å². The number of pyridine rings is 1. The van der Waals surface area contributed by atoms with Crippen molar-refractivity contribution in [3.63, 3.8) is 0 Å². The maximum Gasteiger partial charge on any atom is 0.109 e. The van der Waals surface area contributed by atoms with Crippen molar-refractivity contribution < 1.29 is 14.9 Å². The van der Waals surface area contributed by atoms with Crippen LogP contribution in [0.3, 0.4) is 0 Å². The molecular formula is C16H27N3O3. The topological polar surface area (TPSA) is 69.1 Å². The van der Waals surface area contributed by atoms with E-state index in [1.54, 1.807) is 6.20 Å². The van der Waals surface area contributed by atoms with Gasteiger partial charge in [0, 0.05) is 31.4 Å². The zero-order chi connectivity index (χ0) is 16.1. The number of aliphatic hydroxyl groups is 2. The van der Waals surface area contributed by atoms with Crippen molar-refractivity contribution in [3.05, 3.63) is 30.1 Å². The van der Waals surface area contributed by atoms with E-state index in [0.717, 1.165) is 18.7 Å². The molecule has 4 atom stereocenters. The first kappa shape index (κ1) is 17.3. The Kier molecular flexibility index (Phi) is 6.28. The number of likely N-dealkylation sites (N-methyl/N-ethyl adjacent to an activating group) is 2. The summed E-state index contributed by atoms with van der Waals surface area (Å²) in [6.07, 6.45) is 1.31. The Bertz CT molecular complexity index is 444. The highest BCUT2D eigenvalue weighted by atomic mass is 16.5. The van der Waals surface area contributed by atoms with E-state index >= 15 is 0 Å². The van der Waals surface area contributed by atoms with Gasteiger partial charge in [-0.05, 0) is 33.3 Å². The standard InChI is InChI=1S/C16H27N3O3/c1-18(2)10-13-15(16(21)14(11-20)22-13)19(3)9-7-12-6-4-5-8-17-12/h4-6,8,13-16,20-21H,7,9-11H2,1-3H3/t13-,14+,15+,16-/m1/s1. The Morgan fingerprint density at radius 3 is 2.59 bits per heavy atom. The summed E-state index contributed by atoms with van der Waals surface area (Å²) in [5.41, 5.74) is 1.03. The summed E-state index contributed by atoms with van der Waals surface area (Å²) in [7, 11) is 5.95. The van der Waals surface area contributed by atoms with Gasteiger partial charge in [-0.1, -0.05) is 6.07 Å². The lowest BCUT2D eigenvalue weighted by atomic mass is 10.0. The molecule has 0 saturated carbocycles. The van der Waals surface area contributed by atoms with E-state index in [4.69, 9.17) is 4.74 Å². The molecule has 124 valence electrons. The first-order chi connectivity index (χ1) is 10.5. The van der Waals surface area contributed by atoms with Gasteiger partial charge in [0.15, 0.2) is 0 Å². The average molecular weight is 309 g/mol. The average Bonchev–Trinajstić information content (AvgIpc) is 2.81. The van der Waals surface area contributed by atoms with Crippen LogP contribution in [0.15, 0.2) is 24.4 Å². The molecule has 1 fully saturated rings. The number of hydrogen-bond donors (Lipinski definition) is 2. The number of hydrogen-bond acceptors (Lipinski definition) is 6. The van der Waals surface area contributed by atoms with Crippen molar-refractivity contribution in [1.29, 1.82) is 0 Å². The third-order valence-corrected chi connectivity index (χ3v) is 4.14. The number of aliphatic hydroxyl groups excluding tert-OH is 2. The molecule has 2 rings (SSSR count). The van der Waals surface area contributed by atoms with Crippen molar-refractivity contribution in [2.24, 2.45) is 0 Å². The smallest absolute Gasteiger partial charge is 0.109 e. The number of rotatable bonds is 7. The van der Waals surface area contributed by atoms with Gasteiger partial charge in [-0.15, -0.1) is 0 Å². The van der Waals surface area contributed by atoms with Gasteiger partial charge in [-0.25, -0.2) is 0 Å². The molecule has 6 nitrogen and oxygen atoms in total. The Morgan fingerprint density at radius 2 is 2.00 bits per heavy atom. The van der Waals surface area contributed by atoms with Gasteiger partial charge in [-0.2, -0.15) is 0 Å². The summed E-state index contributed by atoms with van der Waals surface area (Å²) < 4.78 is 5.82. The van der Waals surface area contributed by atoms with Gasteiger partial charge < -0.3 is 19.8 Å². The molecule has 0 spiro atoms. The molecule has 22 heavy (non-hydrogen) atoms. The maximum atomic E-state index is 10.4. The fourth-order valence-corrected chi connectivity index (χ4v) is 3.02. The Morgan fingerprint density at radius 1 is 1.23 bits per heavy atom. The first-order valence-corrected chi connectivity index (χ1v) is 7.72. The predicted octanol–water partition coefficient (Wildman–Crippen LogP) is -0.393. The van der Waals surface area contributed by atoms with Crippen LogP contribution in [0.4, 0.5) is 0 Å². The summed E-state index contributed by atoms with van der Waals surface area (Å²) in [6.45, 7) is 1.34. The minimum absolute atomic E-state index is 0.115. The van der Waals surface area contributed by atoms with Crippen molar-refractivity contribution in [3.8, 4) is 0 Å². The van der Waals surface area contributed by atoms with E-state index in [-0.39, 0.29) is 18.8 Å². The maximum absolute atomic E-state index is 10.4. The van der Waals surface area contributed by atoms with E-state index in [0.29, 0.717) is 6.54 Å². The fourth-order valence-electron chi connectivity index (χ4n) is 3.02. The minimum Gasteiger partial charge on any atom is -0.394 e. The van der Waals surface area contributed by atoms with Gasteiger partial charge in [-0.3, -0.25) is 9.88 Å². The second-order valence-corrected chi connectivity index (χ2v) is 6.19. The van der Waals surface area contributed by atoms with Crippen LogP contribution in [0.5, 0.6) is 0 Å². The summed E-state index contributed by atoms with van der Waals surface area (Å²) in [5.74, 6) is 0. The molecule has 1 aromatic rings. The third kappa shape index (κ3) is 4.24. The quantitative estimate of drug-likeness (QED) is 0.715. The predicted molar refractivity (Wildman–Crippen MR) is 84.7 cm³/mol. The molecule has 0 bridgehead atoms. The molecule has 1 saturated heterocycles. The van der Waals surface area contributed by atoms with E-state index in [9.17, 15) is 10.2 Å². The lowest BCUT2D eigenvalue weighted by Gasteiger charge is -2.31. The van der Waals surface area contributed by atoms with Crippen molar-refractivity contribution in [2.75, 3.05) is 40.8 Å². The summed E-state index contributed by atoms with van der Waals surface area (Å²) >= 11 is 0. The Labute approximate surface area is 132 Å². The van der Waals surface area contributed by atoms with Gasteiger partial charge in [0.2, 0.25) is 0 Å². The highest BCUT2D eigenvalue weighted by molar-refractivity contribution is 5.04. The van der Waals surface area contributed by atoms with Gasteiger partial charge >= 0.3 is 0 Å². The highest BCUT2D eigenvalue weighted by Crippen LogP contribution is 2.25. The molecule has 2 heterocycles. The molecule has 0 aromatic carbocycles. The highest BCUT2D eigenvalue weighted by Gasteiger charge is 2.45. The third-order valence-electron chi connectivity index (χ3n) is 4.14. The molecular weight excluding hydrogens is 282 g/mol. The molecule has 1 aliphatic heterocycles. The monoisotopic (exact) mass is 309 g/mol. The zero-order valence-corrected chi connectivity index (χ0v) is 13.6. The van der Waals surface area contributed by atoms with Crippen LogP contribution >= 0.6 is 0 Å². The Balaban J connectivity index is 1.99. The molecule has 0 aliphatic carbocycles. The molecule has 1 aliphatic rings. The minimum atomic E-state index is -0.677. The first-order valence-electron chi connectivity index (χ1n) is 7.72. The van der Waals surface area contributed by atoms with Gasteiger partial charge in [0.1, 0.15) is 12.2 Å². The SMILES string of the molecule is CN(C)C[C@H]1O[C@@H](CO)[C@@H](O)[C@H]1N(C)CCc1ccccn1. The van der Waals surface area contributed by atoms with Crippen LogP contribution in [0.25, 0.3) is 0 Å². The van der Waals surface area contributed by atoms with Crippen LogP contribution in [0, 0.1) is 0 Å². The second kappa shape index (κ2) is 7.99. The number of nitrogens with zero attached hydrogens (tertiary/aromatic N) is 3. The molecule has 0 radical (unpaired) electrons. The fraction of sp³-hybridized carbons (Fsp3) is 0.688. The summed E-state index contributed by atoms with van der Waals surface area (Å²) in [4.78, 5) is 8.48. The number of ether oxygens (including phenoxy) is 1. The van der Waals surface area contributed by atoms with E-state index in [1.807, 2.05) is 44.2 Å². The summed E-state index contributed by atoms with van der Waals surface area (Å²) in [5, 5.41) is 19.8. The van der Waals surface area contributed by atoms with Crippen LogP contribution in [-0.2, 0) is 11.2 Å². The molecule has 0 amide bonds. The largest absolute Gasteiger partial charge is 0.394 e. The van der Waals surface area contributed by atoms with Gasteiger partial charge in [0.05, 0.1) is 18.8 Å². The van der Waals surface area contributed by atoms with Crippen LogP contribution in [0.1, 0.15) is 5.69 Å². The van der Waals surface area contributed by atoms with Crippen LogP contribution in [0.2, 0.25) is 0 Å². The lowest BCUT2D eigenvalue weighted by molar-refractivity contribution is -0.0273. The second-order valence-electron chi connectivity index (χ2n) is 6.19. The normalized spacial score (nSPS) is 28.7. The van der Waals surface area contributed by atoms with Crippen LogP contribution in [-0.4, -0.2) is 90.2 Å². The van der Waals surface area contributed by atoms with E-state index < -0.39 is 12.2 Å². The molecule has 2 N–H and O–H groups in total. The number of aromatic nitrogens is 1. The van der Waals surface area contributed by atoms with E-state index in [1.165, 1.54) is 0 Å². The van der Waals surface area contributed by atoms with Crippen molar-refractivity contribution in [2.45, 2.75) is 30.8 Å². The Hall–Kier alpha value is -1.05. The van der Waals surface area contributed by atoms with Crippen LogP contribution < -0.4 is 0 Å². The summed E-state index contributed by atoms with van der Waals surface area (Å²) in [6, 6.07) is 5.76. The molecule has 0 unspecified atom stereocenters.